The van der Waals surface area contributed by atoms with Crippen LogP contribution in [0.3, 0.4) is 0 Å². The molecule has 0 saturated carbocycles. The number of phenols is 1. The Morgan fingerprint density at radius 1 is 0.966 bits per heavy atom. The molecule has 0 heterocycles. The Labute approximate surface area is 171 Å². The summed E-state index contributed by atoms with van der Waals surface area (Å²) in [6.07, 6.45) is 0. The summed E-state index contributed by atoms with van der Waals surface area (Å²) in [6.45, 7) is 5.85. The Balaban J connectivity index is 2.11. The predicted molar refractivity (Wildman–Crippen MR) is 116 cm³/mol. The average Bonchev–Trinajstić information content (AvgIpc) is 2.70. The highest BCUT2D eigenvalue weighted by Gasteiger charge is 2.22. The van der Waals surface area contributed by atoms with Crippen LogP contribution in [0.25, 0.3) is 0 Å². The maximum Gasteiger partial charge on any atom is 0.328 e. The van der Waals surface area contributed by atoms with Crippen molar-refractivity contribution in [2.24, 2.45) is 0 Å². The van der Waals surface area contributed by atoms with Gasteiger partial charge in [-0.15, -0.1) is 0 Å². The van der Waals surface area contributed by atoms with Crippen molar-refractivity contribution < 1.29 is 17.9 Å². The van der Waals surface area contributed by atoms with Gasteiger partial charge in [0.1, 0.15) is 16.3 Å². The molecule has 0 aliphatic rings. The Bertz CT molecular complexity index is 1120. The van der Waals surface area contributed by atoms with Gasteiger partial charge in [0, 0.05) is 5.56 Å². The molecule has 0 amide bonds. The van der Waals surface area contributed by atoms with Gasteiger partial charge in [0.05, 0.1) is 5.56 Å². The normalized spacial score (nSPS) is 12.2. The first-order valence-electron chi connectivity index (χ1n) is 9.38. The molecule has 29 heavy (non-hydrogen) atoms. The van der Waals surface area contributed by atoms with Crippen LogP contribution in [0, 0.1) is 6.92 Å². The Morgan fingerprint density at radius 2 is 1.55 bits per heavy atom. The first-order chi connectivity index (χ1) is 13.8. The van der Waals surface area contributed by atoms with Crippen LogP contribution >= 0.6 is 0 Å². The zero-order chi connectivity index (χ0) is 21.0. The molecule has 0 spiro atoms. The van der Waals surface area contributed by atoms with Gasteiger partial charge < -0.3 is 5.11 Å². The zero-order valence-electron chi connectivity index (χ0n) is 16.7. The molecule has 3 rings (SSSR count). The number of nitrogens with one attached hydrogen (secondary N) is 2. The maximum atomic E-state index is 12.9. The summed E-state index contributed by atoms with van der Waals surface area (Å²) in [4.78, 5) is 0.181. The monoisotopic (exact) mass is 409 g/mol. The van der Waals surface area contributed by atoms with Crippen LogP contribution in [0.5, 0.6) is 5.75 Å². The van der Waals surface area contributed by atoms with E-state index in [0.29, 0.717) is 11.4 Å². The summed E-state index contributed by atoms with van der Waals surface area (Å²) in [5.41, 5.74) is 3.02. The molecule has 0 bridgehead atoms. The van der Waals surface area contributed by atoms with Gasteiger partial charge >= 0.3 is 10.0 Å². The molecule has 0 radical (unpaired) electrons. The fourth-order valence-electron chi connectivity index (χ4n) is 3.00. The van der Waals surface area contributed by atoms with Crippen molar-refractivity contribution in [3.8, 4) is 5.75 Å². The standard InChI is InChI=1S/C23H24N2O3S/c1-16(2)20-15-21(17(3)14-22(20)26)24-23(18-10-6-4-7-11-18)25-29(27,28)19-12-8-5-9-13-19/h4-16,26H,1-3H3,(H,24,25)/p+1. The molecule has 0 aliphatic heterocycles. The van der Waals surface area contributed by atoms with E-state index in [1.807, 2.05) is 57.2 Å². The molecule has 150 valence electrons. The second kappa shape index (κ2) is 8.49. The number of aromatic hydroxyl groups is 1. The molecule has 0 aliphatic carbocycles. The van der Waals surface area contributed by atoms with E-state index in [2.05, 4.69) is 9.71 Å². The number of hydrogen-bond donors (Lipinski definition) is 3. The fourth-order valence-corrected chi connectivity index (χ4v) is 4.07. The molecule has 0 unspecified atom stereocenters. The number of anilines is 1. The van der Waals surface area contributed by atoms with Crippen molar-refractivity contribution in [1.82, 2.24) is 0 Å². The number of phenolic OH excluding ortho intramolecular Hbond substituents is 1. The van der Waals surface area contributed by atoms with Crippen LogP contribution in [-0.2, 0) is 10.0 Å². The van der Waals surface area contributed by atoms with Crippen molar-refractivity contribution in [3.05, 3.63) is 89.5 Å². The molecular formula is C23H25N2O3S+. The van der Waals surface area contributed by atoms with Gasteiger partial charge in [-0.05, 0) is 54.8 Å². The van der Waals surface area contributed by atoms with Crippen molar-refractivity contribution >= 4 is 21.5 Å². The van der Waals surface area contributed by atoms with Gasteiger partial charge in [-0.3, -0.25) is 0 Å². The van der Waals surface area contributed by atoms with E-state index in [9.17, 15) is 13.5 Å². The van der Waals surface area contributed by atoms with Crippen molar-refractivity contribution in [1.29, 1.82) is 0 Å². The first-order valence-corrected chi connectivity index (χ1v) is 10.9. The molecule has 3 aromatic carbocycles. The second-order valence-corrected chi connectivity index (χ2v) is 8.85. The van der Waals surface area contributed by atoms with Gasteiger partial charge in [0.15, 0.2) is 0 Å². The van der Waals surface area contributed by atoms with Gasteiger partial charge in [-0.2, -0.15) is 12.8 Å². The smallest absolute Gasteiger partial charge is 0.328 e. The molecule has 0 aromatic heterocycles. The Kier molecular flexibility index (Phi) is 6.03. The number of aryl methyl sites for hydroxylation is 1. The van der Waals surface area contributed by atoms with Gasteiger partial charge in [0.25, 0.3) is 5.84 Å². The summed E-state index contributed by atoms with van der Waals surface area (Å²) >= 11 is 0. The van der Waals surface area contributed by atoms with Crippen LogP contribution in [0.15, 0.2) is 77.7 Å². The lowest BCUT2D eigenvalue weighted by atomic mass is 9.99. The lowest BCUT2D eigenvalue weighted by Gasteiger charge is -2.13. The van der Waals surface area contributed by atoms with Crippen LogP contribution in [0.4, 0.5) is 5.69 Å². The van der Waals surface area contributed by atoms with E-state index >= 15 is 0 Å². The van der Waals surface area contributed by atoms with Crippen LogP contribution < -0.4 is 9.71 Å². The zero-order valence-corrected chi connectivity index (χ0v) is 17.5. The Hall–Kier alpha value is -3.12. The molecule has 0 fully saturated rings. The van der Waals surface area contributed by atoms with Crippen LogP contribution in [0.2, 0.25) is 0 Å². The van der Waals surface area contributed by atoms with Crippen molar-refractivity contribution in [3.63, 3.8) is 0 Å². The molecule has 6 heteroatoms. The highest BCUT2D eigenvalue weighted by Crippen LogP contribution is 2.31. The van der Waals surface area contributed by atoms with E-state index in [1.165, 1.54) is 0 Å². The highest BCUT2D eigenvalue weighted by atomic mass is 32.2. The lowest BCUT2D eigenvalue weighted by Crippen LogP contribution is -2.78. The van der Waals surface area contributed by atoms with E-state index in [0.717, 1.165) is 16.8 Å². The minimum atomic E-state index is -3.77. The van der Waals surface area contributed by atoms with E-state index in [1.54, 1.807) is 36.4 Å². The highest BCUT2D eigenvalue weighted by molar-refractivity contribution is 7.84. The second-order valence-electron chi connectivity index (χ2n) is 7.17. The summed E-state index contributed by atoms with van der Waals surface area (Å²) in [7, 11) is -3.77. The first kappa shape index (κ1) is 20.6. The average molecular weight is 410 g/mol. The van der Waals surface area contributed by atoms with Gasteiger partial charge in [0.2, 0.25) is 0 Å². The molecule has 3 aromatic rings. The van der Waals surface area contributed by atoms with Gasteiger partial charge in [-0.25, -0.2) is 5.32 Å². The largest absolute Gasteiger partial charge is 0.508 e. The lowest BCUT2D eigenvalue weighted by molar-refractivity contribution is -0.266. The van der Waals surface area contributed by atoms with Gasteiger partial charge in [-0.1, -0.05) is 50.2 Å². The summed E-state index contributed by atoms with van der Waals surface area (Å²) in [5.74, 6) is 0.699. The molecule has 0 atom stereocenters. The number of benzene rings is 3. The Morgan fingerprint density at radius 3 is 2.14 bits per heavy atom. The molecular weight excluding hydrogens is 384 g/mol. The minimum Gasteiger partial charge on any atom is -0.508 e. The predicted octanol–water partition coefficient (Wildman–Crippen LogP) is 3.15. The summed E-state index contributed by atoms with van der Waals surface area (Å²) in [5, 5.41) is 13.5. The van der Waals surface area contributed by atoms with Crippen LogP contribution in [-0.4, -0.2) is 19.4 Å². The third-order valence-electron chi connectivity index (χ3n) is 4.61. The summed E-state index contributed by atoms with van der Waals surface area (Å²) < 4.78 is 28.5. The quantitative estimate of drug-likeness (QED) is 0.344. The molecule has 0 saturated heterocycles. The number of hydrogen-bond acceptors (Lipinski definition) is 3. The SMILES string of the molecule is Cc1cc(O)c(C(C)C)cc1NC(=[NH+]S(=O)(=O)c1ccccc1)c1ccccc1. The summed E-state index contributed by atoms with van der Waals surface area (Å²) in [6, 6.07) is 21.0. The van der Waals surface area contributed by atoms with E-state index in [4.69, 9.17) is 0 Å². The molecule has 3 N–H and O–H groups in total. The number of rotatable bonds is 5. The van der Waals surface area contributed by atoms with E-state index in [-0.39, 0.29) is 16.6 Å². The van der Waals surface area contributed by atoms with E-state index < -0.39 is 10.0 Å². The van der Waals surface area contributed by atoms with Crippen LogP contribution in [0.1, 0.15) is 36.5 Å². The third-order valence-corrected chi connectivity index (χ3v) is 5.97. The number of sulfonamides is 1. The van der Waals surface area contributed by atoms with Crippen molar-refractivity contribution in [2.75, 3.05) is 5.32 Å². The maximum absolute atomic E-state index is 12.9. The fraction of sp³-hybridized carbons (Fsp3) is 0.174. The minimum absolute atomic E-state index is 0.123. The number of amidine groups is 1. The van der Waals surface area contributed by atoms with Crippen molar-refractivity contribution in [2.45, 2.75) is 31.6 Å². The molecule has 5 nitrogen and oxygen atoms in total. The topological polar surface area (TPSA) is 80.4 Å². The third kappa shape index (κ3) is 4.84.